The monoisotopic (exact) mass is 192 g/mol. The molecule has 14 heavy (non-hydrogen) atoms. The number of ketones is 1. The summed E-state index contributed by atoms with van der Waals surface area (Å²) < 4.78 is 0. The number of carbonyl (C=O) groups is 1. The zero-order valence-corrected chi connectivity index (χ0v) is 8.95. The lowest BCUT2D eigenvalue weighted by Gasteiger charge is -2.04. The molecule has 0 saturated heterocycles. The van der Waals surface area contributed by atoms with Gasteiger partial charge in [0.25, 0.3) is 0 Å². The maximum absolute atomic E-state index is 11.0. The minimum absolute atomic E-state index is 0.0242. The summed E-state index contributed by atoms with van der Waals surface area (Å²) in [7, 11) is 0. The van der Waals surface area contributed by atoms with Crippen LogP contribution in [0.4, 0.5) is 0 Å². The molecular weight excluding hydrogens is 176 g/mol. The Hall–Kier alpha value is -1.25. The van der Waals surface area contributed by atoms with Gasteiger partial charge in [0.1, 0.15) is 5.69 Å². The zero-order valence-electron chi connectivity index (χ0n) is 8.95. The summed E-state index contributed by atoms with van der Waals surface area (Å²) in [5.74, 6) is 0.627. The molecule has 1 heterocycles. The van der Waals surface area contributed by atoms with Gasteiger partial charge in [0.2, 0.25) is 0 Å². The fraction of sp³-hybridized carbons (Fsp3) is 0.545. The molecule has 0 fully saturated rings. The Morgan fingerprint density at radius 1 is 1.43 bits per heavy atom. The van der Waals surface area contributed by atoms with Gasteiger partial charge in [0.05, 0.1) is 11.9 Å². The van der Waals surface area contributed by atoms with Gasteiger partial charge in [-0.05, 0) is 18.8 Å². The number of nitrogens with zero attached hydrogens (tertiary/aromatic N) is 2. The van der Waals surface area contributed by atoms with Crippen molar-refractivity contribution in [2.24, 2.45) is 5.92 Å². The van der Waals surface area contributed by atoms with E-state index in [4.69, 9.17) is 0 Å². The highest BCUT2D eigenvalue weighted by molar-refractivity contribution is 5.91. The molecule has 1 aromatic rings. The zero-order chi connectivity index (χ0) is 10.6. The first-order valence-corrected chi connectivity index (χ1v) is 4.91. The van der Waals surface area contributed by atoms with E-state index in [9.17, 15) is 4.79 Å². The molecule has 0 saturated carbocycles. The molecule has 3 nitrogen and oxygen atoms in total. The highest BCUT2D eigenvalue weighted by Crippen LogP contribution is 2.06. The number of hydrogen-bond acceptors (Lipinski definition) is 3. The number of Topliss-reactive ketones (excluding diaryl/α,β-unsaturated/α-hetero) is 1. The molecule has 0 radical (unpaired) electrons. The van der Waals surface area contributed by atoms with E-state index in [2.05, 4.69) is 23.8 Å². The summed E-state index contributed by atoms with van der Waals surface area (Å²) in [6.07, 6.45) is 5.22. The normalized spacial score (nSPS) is 10.6. The van der Waals surface area contributed by atoms with E-state index in [0.717, 1.165) is 18.5 Å². The van der Waals surface area contributed by atoms with Crippen LogP contribution < -0.4 is 0 Å². The molecule has 0 amide bonds. The van der Waals surface area contributed by atoms with Crippen molar-refractivity contribution in [1.82, 2.24) is 9.97 Å². The number of carbonyl (C=O) groups excluding carboxylic acids is 1. The third-order valence-electron chi connectivity index (χ3n) is 2.02. The van der Waals surface area contributed by atoms with Crippen LogP contribution in [0, 0.1) is 5.92 Å². The van der Waals surface area contributed by atoms with Crippen LogP contribution in [0.15, 0.2) is 12.4 Å². The third-order valence-corrected chi connectivity index (χ3v) is 2.02. The van der Waals surface area contributed by atoms with Crippen LogP contribution in [-0.2, 0) is 6.42 Å². The minimum Gasteiger partial charge on any atom is -0.293 e. The maximum Gasteiger partial charge on any atom is 0.179 e. The predicted octanol–water partition coefficient (Wildman–Crippen LogP) is 2.27. The Kier molecular flexibility index (Phi) is 3.74. The van der Waals surface area contributed by atoms with Crippen LogP contribution >= 0.6 is 0 Å². The molecule has 0 bridgehead atoms. The Morgan fingerprint density at radius 3 is 2.71 bits per heavy atom. The Bertz CT molecular complexity index is 321. The molecule has 1 rings (SSSR count). The molecule has 0 N–H and O–H groups in total. The van der Waals surface area contributed by atoms with Crippen LogP contribution in [-0.4, -0.2) is 15.8 Å². The van der Waals surface area contributed by atoms with Gasteiger partial charge in [-0.3, -0.25) is 9.78 Å². The first-order valence-electron chi connectivity index (χ1n) is 4.91. The molecule has 0 aliphatic carbocycles. The molecule has 1 aromatic heterocycles. The predicted molar refractivity (Wildman–Crippen MR) is 55.2 cm³/mol. The van der Waals surface area contributed by atoms with Crippen LogP contribution in [0.3, 0.4) is 0 Å². The van der Waals surface area contributed by atoms with Crippen molar-refractivity contribution in [3.63, 3.8) is 0 Å². The van der Waals surface area contributed by atoms with Crippen molar-refractivity contribution in [3.8, 4) is 0 Å². The lowest BCUT2D eigenvalue weighted by Crippen LogP contribution is -2.02. The van der Waals surface area contributed by atoms with Gasteiger partial charge < -0.3 is 0 Å². The second kappa shape index (κ2) is 4.84. The molecule has 0 aliphatic heterocycles. The summed E-state index contributed by atoms with van der Waals surface area (Å²) >= 11 is 0. The molecule has 3 heteroatoms. The standard InChI is InChI=1S/C11H16N2O/c1-8(2)4-5-10-6-12-7-11(13-10)9(3)14/h6-8H,4-5H2,1-3H3. The Labute approximate surface area is 84.6 Å². The maximum atomic E-state index is 11.0. The molecule has 0 aromatic carbocycles. The summed E-state index contributed by atoms with van der Waals surface area (Å²) in [6, 6.07) is 0. The summed E-state index contributed by atoms with van der Waals surface area (Å²) in [4.78, 5) is 19.3. The van der Waals surface area contributed by atoms with Crippen molar-refractivity contribution in [2.45, 2.75) is 33.6 Å². The second-order valence-corrected chi connectivity index (χ2v) is 3.88. The van der Waals surface area contributed by atoms with Crippen molar-refractivity contribution in [2.75, 3.05) is 0 Å². The van der Waals surface area contributed by atoms with Gasteiger partial charge in [0.15, 0.2) is 5.78 Å². The molecule has 76 valence electrons. The second-order valence-electron chi connectivity index (χ2n) is 3.88. The SMILES string of the molecule is CC(=O)c1cncc(CCC(C)C)n1. The average Bonchev–Trinajstić information content (AvgIpc) is 2.15. The van der Waals surface area contributed by atoms with E-state index >= 15 is 0 Å². The van der Waals surface area contributed by atoms with Gasteiger partial charge >= 0.3 is 0 Å². The summed E-state index contributed by atoms with van der Waals surface area (Å²) in [5.41, 5.74) is 1.37. The topological polar surface area (TPSA) is 42.9 Å². The van der Waals surface area contributed by atoms with Crippen LogP contribution in [0.25, 0.3) is 0 Å². The smallest absolute Gasteiger partial charge is 0.179 e. The highest BCUT2D eigenvalue weighted by atomic mass is 16.1. The van der Waals surface area contributed by atoms with E-state index in [0.29, 0.717) is 11.6 Å². The summed E-state index contributed by atoms with van der Waals surface area (Å²) in [5, 5.41) is 0. The number of rotatable bonds is 4. The lowest BCUT2D eigenvalue weighted by atomic mass is 10.1. The lowest BCUT2D eigenvalue weighted by molar-refractivity contribution is 0.101. The van der Waals surface area contributed by atoms with Crippen LogP contribution in [0.1, 0.15) is 43.4 Å². The fourth-order valence-corrected chi connectivity index (χ4v) is 1.13. The molecule has 0 unspecified atom stereocenters. The Morgan fingerprint density at radius 2 is 2.14 bits per heavy atom. The quantitative estimate of drug-likeness (QED) is 0.687. The number of hydrogen-bond donors (Lipinski definition) is 0. The van der Waals surface area contributed by atoms with Crippen LogP contribution in [0.2, 0.25) is 0 Å². The first kappa shape index (κ1) is 10.8. The fourth-order valence-electron chi connectivity index (χ4n) is 1.13. The Balaban J connectivity index is 2.69. The van der Waals surface area contributed by atoms with Crippen molar-refractivity contribution >= 4 is 5.78 Å². The van der Waals surface area contributed by atoms with E-state index in [1.165, 1.54) is 13.1 Å². The largest absolute Gasteiger partial charge is 0.293 e. The molecule has 0 spiro atoms. The van der Waals surface area contributed by atoms with E-state index < -0.39 is 0 Å². The van der Waals surface area contributed by atoms with Crippen molar-refractivity contribution in [3.05, 3.63) is 23.8 Å². The van der Waals surface area contributed by atoms with E-state index in [1.807, 2.05) is 0 Å². The summed E-state index contributed by atoms with van der Waals surface area (Å²) in [6.45, 7) is 5.85. The van der Waals surface area contributed by atoms with Crippen molar-refractivity contribution in [1.29, 1.82) is 0 Å². The van der Waals surface area contributed by atoms with Gasteiger partial charge in [-0.25, -0.2) is 4.98 Å². The van der Waals surface area contributed by atoms with Gasteiger partial charge in [-0.15, -0.1) is 0 Å². The number of aryl methyl sites for hydroxylation is 1. The highest BCUT2D eigenvalue weighted by Gasteiger charge is 2.03. The van der Waals surface area contributed by atoms with Gasteiger partial charge in [-0.1, -0.05) is 13.8 Å². The van der Waals surface area contributed by atoms with Crippen LogP contribution in [0.5, 0.6) is 0 Å². The van der Waals surface area contributed by atoms with Gasteiger partial charge in [0, 0.05) is 13.1 Å². The average molecular weight is 192 g/mol. The first-order chi connectivity index (χ1) is 6.59. The molecule has 0 atom stereocenters. The minimum atomic E-state index is -0.0242. The molecular formula is C11H16N2O. The number of aromatic nitrogens is 2. The van der Waals surface area contributed by atoms with E-state index in [1.54, 1.807) is 6.20 Å². The van der Waals surface area contributed by atoms with E-state index in [-0.39, 0.29) is 5.78 Å². The van der Waals surface area contributed by atoms with Gasteiger partial charge in [-0.2, -0.15) is 0 Å². The van der Waals surface area contributed by atoms with Crippen molar-refractivity contribution < 1.29 is 4.79 Å². The third kappa shape index (κ3) is 3.24. The molecule has 0 aliphatic rings.